The highest BCUT2D eigenvalue weighted by Crippen LogP contribution is 2.39. The molecule has 2 N–H and O–H groups in total. The molecule has 2 aliphatic rings. The summed E-state index contributed by atoms with van der Waals surface area (Å²) in [5.74, 6) is 0. The Bertz CT molecular complexity index is 433. The summed E-state index contributed by atoms with van der Waals surface area (Å²) in [6.45, 7) is 4.40. The van der Waals surface area contributed by atoms with Crippen molar-refractivity contribution in [2.75, 3.05) is 33.2 Å². The molecule has 2 saturated heterocycles. The Hall–Kier alpha value is -0.900. The van der Waals surface area contributed by atoms with Crippen LogP contribution in [-0.2, 0) is 6.42 Å². The van der Waals surface area contributed by atoms with Crippen molar-refractivity contribution in [3.63, 3.8) is 0 Å². The van der Waals surface area contributed by atoms with Crippen LogP contribution in [0.3, 0.4) is 0 Å². The third-order valence-electron chi connectivity index (χ3n) is 5.51. The van der Waals surface area contributed by atoms with Gasteiger partial charge >= 0.3 is 0 Å². The van der Waals surface area contributed by atoms with Crippen molar-refractivity contribution in [2.45, 2.75) is 37.3 Å². The summed E-state index contributed by atoms with van der Waals surface area (Å²) in [4.78, 5) is 5.21. The topological polar surface area (TPSA) is 32.5 Å². The molecule has 0 amide bonds. The highest BCUT2D eigenvalue weighted by molar-refractivity contribution is 5.16. The van der Waals surface area contributed by atoms with Gasteiger partial charge in [-0.05, 0) is 44.8 Å². The Labute approximate surface area is 122 Å². The molecule has 0 saturated carbocycles. The molecular weight excluding hydrogens is 246 g/mol. The second kappa shape index (κ2) is 5.84. The van der Waals surface area contributed by atoms with Gasteiger partial charge in [0.1, 0.15) is 0 Å². The summed E-state index contributed by atoms with van der Waals surface area (Å²) >= 11 is 0. The number of hydrogen-bond donors (Lipinski definition) is 1. The van der Waals surface area contributed by atoms with Gasteiger partial charge in [0.05, 0.1) is 0 Å². The lowest BCUT2D eigenvalue weighted by Crippen LogP contribution is -2.58. The highest BCUT2D eigenvalue weighted by atomic mass is 15.3. The average Bonchev–Trinajstić information content (AvgIpc) is 3.08. The fourth-order valence-corrected chi connectivity index (χ4v) is 4.21. The molecule has 3 rings (SSSR count). The van der Waals surface area contributed by atoms with Crippen LogP contribution in [0.25, 0.3) is 0 Å². The third kappa shape index (κ3) is 2.39. The van der Waals surface area contributed by atoms with Crippen molar-refractivity contribution in [3.05, 3.63) is 35.9 Å². The van der Waals surface area contributed by atoms with E-state index >= 15 is 0 Å². The van der Waals surface area contributed by atoms with Crippen molar-refractivity contribution in [2.24, 2.45) is 5.73 Å². The molecule has 3 nitrogen and oxygen atoms in total. The molecule has 0 aliphatic carbocycles. The van der Waals surface area contributed by atoms with Crippen LogP contribution in [0.4, 0.5) is 0 Å². The van der Waals surface area contributed by atoms with E-state index in [0.29, 0.717) is 6.04 Å². The Morgan fingerprint density at radius 3 is 2.85 bits per heavy atom. The van der Waals surface area contributed by atoms with Gasteiger partial charge < -0.3 is 5.73 Å². The lowest BCUT2D eigenvalue weighted by atomic mass is 9.86. The van der Waals surface area contributed by atoms with Crippen molar-refractivity contribution in [1.82, 2.24) is 9.80 Å². The summed E-state index contributed by atoms with van der Waals surface area (Å²) < 4.78 is 0. The number of rotatable bonds is 5. The summed E-state index contributed by atoms with van der Waals surface area (Å²) in [5, 5.41) is 0. The van der Waals surface area contributed by atoms with Gasteiger partial charge in [-0.15, -0.1) is 0 Å². The average molecular weight is 273 g/mol. The normalized spacial score (nSPS) is 30.1. The molecule has 0 bridgehead atoms. The lowest BCUT2D eigenvalue weighted by Gasteiger charge is -2.42. The molecule has 0 radical (unpaired) electrons. The first-order valence-corrected chi connectivity index (χ1v) is 7.95. The quantitative estimate of drug-likeness (QED) is 0.887. The summed E-state index contributed by atoms with van der Waals surface area (Å²) in [5.41, 5.74) is 7.86. The Kier molecular flexibility index (Phi) is 4.11. The third-order valence-corrected chi connectivity index (χ3v) is 5.51. The van der Waals surface area contributed by atoms with Gasteiger partial charge in [0.2, 0.25) is 0 Å². The van der Waals surface area contributed by atoms with E-state index in [1.165, 1.54) is 37.9 Å². The molecule has 2 fully saturated rings. The van der Waals surface area contributed by atoms with Gasteiger partial charge in [0.15, 0.2) is 0 Å². The number of nitrogens with two attached hydrogens (primary N) is 1. The number of likely N-dealkylation sites (N-methyl/N-ethyl adjacent to an activating group) is 1. The number of benzene rings is 1. The minimum absolute atomic E-state index is 0.214. The Balaban J connectivity index is 1.67. The Morgan fingerprint density at radius 1 is 1.30 bits per heavy atom. The SMILES string of the molecule is CN(CCc1ccccc1)C1(CN)CCN2CCCC21. The number of fused-ring (bicyclic) bond motifs is 1. The maximum Gasteiger partial charge on any atom is 0.0496 e. The van der Waals surface area contributed by atoms with Crippen LogP contribution in [0.2, 0.25) is 0 Å². The molecule has 20 heavy (non-hydrogen) atoms. The van der Waals surface area contributed by atoms with Gasteiger partial charge in [-0.3, -0.25) is 9.80 Å². The molecule has 1 aromatic rings. The molecule has 3 heteroatoms. The van der Waals surface area contributed by atoms with Crippen LogP contribution in [0.5, 0.6) is 0 Å². The van der Waals surface area contributed by atoms with E-state index in [4.69, 9.17) is 5.73 Å². The van der Waals surface area contributed by atoms with Crippen LogP contribution in [0.15, 0.2) is 30.3 Å². The van der Waals surface area contributed by atoms with Crippen molar-refractivity contribution < 1.29 is 0 Å². The molecule has 2 atom stereocenters. The summed E-state index contributed by atoms with van der Waals surface area (Å²) in [6, 6.07) is 11.5. The van der Waals surface area contributed by atoms with Gasteiger partial charge in [-0.2, -0.15) is 0 Å². The van der Waals surface area contributed by atoms with E-state index in [2.05, 4.69) is 47.2 Å². The molecule has 2 aliphatic heterocycles. The van der Waals surface area contributed by atoms with Gasteiger partial charge in [0, 0.05) is 31.2 Å². The molecule has 1 aromatic carbocycles. The predicted octanol–water partition coefficient (Wildman–Crippen LogP) is 1.73. The first-order valence-electron chi connectivity index (χ1n) is 7.95. The smallest absolute Gasteiger partial charge is 0.0496 e. The standard InChI is InChI=1S/C17H27N3/c1-19(12-9-15-6-3-2-4-7-15)17(14-18)10-13-20-11-5-8-16(17)20/h2-4,6-7,16H,5,8-14,18H2,1H3. The summed E-state index contributed by atoms with van der Waals surface area (Å²) in [7, 11) is 2.28. The van der Waals surface area contributed by atoms with Crippen LogP contribution in [0.1, 0.15) is 24.8 Å². The van der Waals surface area contributed by atoms with Crippen LogP contribution < -0.4 is 5.73 Å². The zero-order valence-corrected chi connectivity index (χ0v) is 12.6. The van der Waals surface area contributed by atoms with Crippen LogP contribution in [0, 0.1) is 0 Å². The summed E-state index contributed by atoms with van der Waals surface area (Å²) in [6.07, 6.45) is 5.02. The van der Waals surface area contributed by atoms with Crippen molar-refractivity contribution in [1.29, 1.82) is 0 Å². The lowest BCUT2D eigenvalue weighted by molar-refractivity contribution is 0.0920. The van der Waals surface area contributed by atoms with E-state index in [1.54, 1.807) is 0 Å². The number of hydrogen-bond acceptors (Lipinski definition) is 3. The zero-order valence-electron chi connectivity index (χ0n) is 12.6. The number of nitrogens with zero attached hydrogens (tertiary/aromatic N) is 2. The predicted molar refractivity (Wildman–Crippen MR) is 83.8 cm³/mol. The minimum atomic E-state index is 0.214. The van der Waals surface area contributed by atoms with E-state index in [0.717, 1.165) is 19.5 Å². The van der Waals surface area contributed by atoms with Crippen LogP contribution in [-0.4, -0.2) is 54.6 Å². The minimum Gasteiger partial charge on any atom is -0.329 e. The van der Waals surface area contributed by atoms with Gasteiger partial charge in [-0.1, -0.05) is 30.3 Å². The van der Waals surface area contributed by atoms with E-state index in [1.807, 2.05) is 0 Å². The van der Waals surface area contributed by atoms with Gasteiger partial charge in [0.25, 0.3) is 0 Å². The maximum atomic E-state index is 6.23. The van der Waals surface area contributed by atoms with Crippen molar-refractivity contribution >= 4 is 0 Å². The fraction of sp³-hybridized carbons (Fsp3) is 0.647. The van der Waals surface area contributed by atoms with Gasteiger partial charge in [-0.25, -0.2) is 0 Å². The van der Waals surface area contributed by atoms with E-state index < -0.39 is 0 Å². The molecule has 0 aromatic heterocycles. The molecule has 110 valence electrons. The zero-order chi connectivity index (χ0) is 14.0. The second-order valence-electron chi connectivity index (χ2n) is 6.41. The maximum absolute atomic E-state index is 6.23. The fourth-order valence-electron chi connectivity index (χ4n) is 4.21. The highest BCUT2D eigenvalue weighted by Gasteiger charge is 2.50. The Morgan fingerprint density at radius 2 is 2.10 bits per heavy atom. The molecular formula is C17H27N3. The second-order valence-corrected chi connectivity index (χ2v) is 6.41. The molecule has 2 unspecified atom stereocenters. The molecule has 0 spiro atoms. The first-order chi connectivity index (χ1) is 9.76. The first kappa shape index (κ1) is 14.1. The van der Waals surface area contributed by atoms with Crippen LogP contribution >= 0.6 is 0 Å². The van der Waals surface area contributed by atoms with E-state index in [-0.39, 0.29) is 5.54 Å². The largest absolute Gasteiger partial charge is 0.329 e. The molecule has 2 heterocycles. The van der Waals surface area contributed by atoms with Crippen molar-refractivity contribution in [3.8, 4) is 0 Å². The monoisotopic (exact) mass is 273 g/mol. The van der Waals surface area contributed by atoms with E-state index in [9.17, 15) is 0 Å².